The fourth-order valence-corrected chi connectivity index (χ4v) is 1.95. The van der Waals surface area contributed by atoms with Crippen LogP contribution < -0.4 is 5.32 Å². The lowest BCUT2D eigenvalue weighted by molar-refractivity contribution is 0.369. The second-order valence-corrected chi connectivity index (χ2v) is 3.92. The van der Waals surface area contributed by atoms with Gasteiger partial charge in [-0.2, -0.15) is 4.98 Å². The first-order valence-corrected chi connectivity index (χ1v) is 5.37. The molecule has 0 spiro atoms. The van der Waals surface area contributed by atoms with Gasteiger partial charge in [-0.25, -0.2) is 0 Å². The van der Waals surface area contributed by atoms with E-state index in [2.05, 4.69) is 15.5 Å². The monoisotopic (exact) mass is 195 g/mol. The van der Waals surface area contributed by atoms with Gasteiger partial charge in [-0.3, -0.25) is 0 Å². The molecule has 0 unspecified atom stereocenters. The molecule has 0 aliphatic heterocycles. The van der Waals surface area contributed by atoms with E-state index in [1.807, 2.05) is 6.92 Å². The van der Waals surface area contributed by atoms with E-state index in [-0.39, 0.29) is 0 Å². The van der Waals surface area contributed by atoms with E-state index in [1.54, 1.807) is 0 Å². The number of nitrogens with zero attached hydrogens (tertiary/aromatic N) is 2. The van der Waals surface area contributed by atoms with Crippen LogP contribution in [0, 0.1) is 6.92 Å². The molecule has 0 aromatic carbocycles. The van der Waals surface area contributed by atoms with Crippen molar-refractivity contribution in [3.8, 4) is 0 Å². The molecule has 0 radical (unpaired) electrons. The third-order valence-electron chi connectivity index (χ3n) is 2.70. The molecule has 1 saturated carbocycles. The van der Waals surface area contributed by atoms with Crippen LogP contribution in [0.4, 0.5) is 0 Å². The topological polar surface area (TPSA) is 51.0 Å². The Morgan fingerprint density at radius 2 is 2.21 bits per heavy atom. The third kappa shape index (κ3) is 2.54. The van der Waals surface area contributed by atoms with Gasteiger partial charge in [0, 0.05) is 19.0 Å². The van der Waals surface area contributed by atoms with Gasteiger partial charge in [0.05, 0.1) is 0 Å². The minimum atomic E-state index is 0.721. The van der Waals surface area contributed by atoms with Crippen LogP contribution in [0.2, 0.25) is 0 Å². The van der Waals surface area contributed by atoms with Gasteiger partial charge in [0.1, 0.15) is 0 Å². The Balaban J connectivity index is 1.67. The van der Waals surface area contributed by atoms with Crippen molar-refractivity contribution in [3.05, 3.63) is 11.7 Å². The van der Waals surface area contributed by atoms with Gasteiger partial charge in [-0.15, -0.1) is 0 Å². The van der Waals surface area contributed by atoms with Crippen molar-refractivity contribution in [3.63, 3.8) is 0 Å². The van der Waals surface area contributed by atoms with Crippen LogP contribution in [0.15, 0.2) is 4.52 Å². The largest absolute Gasteiger partial charge is 0.339 e. The zero-order valence-electron chi connectivity index (χ0n) is 8.62. The molecule has 0 saturated heterocycles. The van der Waals surface area contributed by atoms with Gasteiger partial charge in [0.25, 0.3) is 0 Å². The predicted molar refractivity (Wildman–Crippen MR) is 53.0 cm³/mol. The van der Waals surface area contributed by atoms with E-state index in [4.69, 9.17) is 4.52 Å². The molecule has 1 aliphatic rings. The predicted octanol–water partition coefficient (Wildman–Crippen LogP) is 1.45. The Hall–Kier alpha value is -0.900. The number of rotatable bonds is 4. The number of aromatic nitrogens is 2. The molecule has 4 nitrogen and oxygen atoms in total. The first-order chi connectivity index (χ1) is 6.84. The van der Waals surface area contributed by atoms with Gasteiger partial charge < -0.3 is 9.84 Å². The molecule has 2 rings (SSSR count). The highest BCUT2D eigenvalue weighted by Gasteiger charge is 2.13. The number of hydrogen-bond acceptors (Lipinski definition) is 4. The van der Waals surface area contributed by atoms with Crippen LogP contribution in [-0.2, 0) is 6.42 Å². The molecule has 14 heavy (non-hydrogen) atoms. The standard InChI is InChI=1S/C10H17N3O/c1-8-12-10(14-13-8)6-7-11-9-4-2-3-5-9/h9,11H,2-7H2,1H3. The Kier molecular flexibility index (Phi) is 3.14. The molecule has 1 heterocycles. The SMILES string of the molecule is Cc1noc(CCNC2CCCC2)n1. The number of hydrogen-bond donors (Lipinski definition) is 1. The quantitative estimate of drug-likeness (QED) is 0.790. The molecule has 1 fully saturated rings. The first kappa shape index (κ1) is 9.65. The Bertz CT molecular complexity index is 279. The lowest BCUT2D eigenvalue weighted by Gasteiger charge is -2.09. The summed E-state index contributed by atoms with van der Waals surface area (Å²) in [4.78, 5) is 4.16. The van der Waals surface area contributed by atoms with Crippen molar-refractivity contribution < 1.29 is 4.52 Å². The highest BCUT2D eigenvalue weighted by atomic mass is 16.5. The Labute approximate surface area is 84.1 Å². The van der Waals surface area contributed by atoms with Gasteiger partial charge in [0.2, 0.25) is 5.89 Å². The van der Waals surface area contributed by atoms with Crippen molar-refractivity contribution in [1.29, 1.82) is 0 Å². The van der Waals surface area contributed by atoms with Gasteiger partial charge in [-0.05, 0) is 19.8 Å². The molecular weight excluding hydrogens is 178 g/mol. The van der Waals surface area contributed by atoms with E-state index < -0.39 is 0 Å². The minimum absolute atomic E-state index is 0.721. The highest BCUT2D eigenvalue weighted by Crippen LogP contribution is 2.17. The minimum Gasteiger partial charge on any atom is -0.339 e. The van der Waals surface area contributed by atoms with E-state index in [9.17, 15) is 0 Å². The van der Waals surface area contributed by atoms with E-state index in [0.29, 0.717) is 0 Å². The molecule has 1 aliphatic carbocycles. The summed E-state index contributed by atoms with van der Waals surface area (Å²) in [6.07, 6.45) is 6.23. The zero-order valence-corrected chi connectivity index (χ0v) is 8.62. The molecule has 0 amide bonds. The van der Waals surface area contributed by atoms with E-state index in [0.717, 1.165) is 30.7 Å². The summed E-state index contributed by atoms with van der Waals surface area (Å²) in [5, 5.41) is 7.26. The second-order valence-electron chi connectivity index (χ2n) is 3.92. The smallest absolute Gasteiger partial charge is 0.227 e. The zero-order chi connectivity index (χ0) is 9.80. The lowest BCUT2D eigenvalue weighted by Crippen LogP contribution is -2.28. The molecule has 1 aromatic heterocycles. The number of nitrogens with one attached hydrogen (secondary N) is 1. The summed E-state index contributed by atoms with van der Waals surface area (Å²) < 4.78 is 5.03. The van der Waals surface area contributed by atoms with Gasteiger partial charge >= 0.3 is 0 Å². The summed E-state index contributed by atoms with van der Waals surface area (Å²) in [5.41, 5.74) is 0. The summed E-state index contributed by atoms with van der Waals surface area (Å²) in [6.45, 7) is 2.80. The van der Waals surface area contributed by atoms with Crippen molar-refractivity contribution in [2.45, 2.75) is 45.1 Å². The van der Waals surface area contributed by atoms with Gasteiger partial charge in [0.15, 0.2) is 5.82 Å². The molecule has 1 N–H and O–H groups in total. The third-order valence-corrected chi connectivity index (χ3v) is 2.70. The fraction of sp³-hybridized carbons (Fsp3) is 0.800. The van der Waals surface area contributed by atoms with Crippen LogP contribution in [0.5, 0.6) is 0 Å². The van der Waals surface area contributed by atoms with Crippen LogP contribution in [-0.4, -0.2) is 22.7 Å². The fourth-order valence-electron chi connectivity index (χ4n) is 1.95. The van der Waals surface area contributed by atoms with Crippen molar-refractivity contribution in [1.82, 2.24) is 15.5 Å². The highest BCUT2D eigenvalue weighted by molar-refractivity contribution is 4.84. The summed E-state index contributed by atoms with van der Waals surface area (Å²) in [6, 6.07) is 0.721. The van der Waals surface area contributed by atoms with Crippen LogP contribution in [0.25, 0.3) is 0 Å². The maximum absolute atomic E-state index is 5.03. The summed E-state index contributed by atoms with van der Waals surface area (Å²) >= 11 is 0. The molecule has 78 valence electrons. The average Bonchev–Trinajstić information content (AvgIpc) is 2.77. The maximum atomic E-state index is 5.03. The van der Waals surface area contributed by atoms with Gasteiger partial charge in [-0.1, -0.05) is 18.0 Å². The van der Waals surface area contributed by atoms with Crippen molar-refractivity contribution in [2.75, 3.05) is 6.54 Å². The van der Waals surface area contributed by atoms with Crippen LogP contribution in [0.3, 0.4) is 0 Å². The summed E-state index contributed by atoms with van der Waals surface area (Å²) in [5.74, 6) is 1.47. The Morgan fingerprint density at radius 3 is 2.86 bits per heavy atom. The Morgan fingerprint density at radius 1 is 1.43 bits per heavy atom. The average molecular weight is 195 g/mol. The van der Waals surface area contributed by atoms with Crippen LogP contribution >= 0.6 is 0 Å². The van der Waals surface area contributed by atoms with E-state index >= 15 is 0 Å². The molecule has 1 aromatic rings. The normalized spacial score (nSPS) is 17.8. The molecular formula is C10H17N3O. The summed E-state index contributed by atoms with van der Waals surface area (Å²) in [7, 11) is 0. The van der Waals surface area contributed by atoms with Crippen LogP contribution in [0.1, 0.15) is 37.4 Å². The lowest BCUT2D eigenvalue weighted by atomic mass is 10.2. The molecule has 0 bridgehead atoms. The molecule has 0 atom stereocenters. The van der Waals surface area contributed by atoms with Crippen molar-refractivity contribution in [2.24, 2.45) is 0 Å². The maximum Gasteiger partial charge on any atom is 0.227 e. The van der Waals surface area contributed by atoms with E-state index in [1.165, 1.54) is 25.7 Å². The first-order valence-electron chi connectivity index (χ1n) is 5.37. The van der Waals surface area contributed by atoms with Crippen molar-refractivity contribution >= 4 is 0 Å². The molecule has 4 heteroatoms. The second kappa shape index (κ2) is 4.55. The number of aryl methyl sites for hydroxylation is 1.